The maximum Gasteiger partial charge on any atom is 0.295 e. The summed E-state index contributed by atoms with van der Waals surface area (Å²) in [5.41, 5.74) is 2.72. The third-order valence-electron chi connectivity index (χ3n) is 3.87. The number of aryl methyl sites for hydroxylation is 1. The lowest BCUT2D eigenvalue weighted by atomic mass is 10.2. The Kier molecular flexibility index (Phi) is 5.09. The molecule has 1 aliphatic rings. The van der Waals surface area contributed by atoms with E-state index in [1.807, 2.05) is 55.5 Å². The molecular formula is C19H18N2O3S. The first kappa shape index (κ1) is 17.1. The van der Waals surface area contributed by atoms with E-state index >= 15 is 0 Å². The molecule has 25 heavy (non-hydrogen) atoms. The van der Waals surface area contributed by atoms with E-state index in [0.29, 0.717) is 10.7 Å². The van der Waals surface area contributed by atoms with Gasteiger partial charge in [0.15, 0.2) is 0 Å². The number of benzene rings is 2. The molecule has 3 rings (SSSR count). The molecule has 2 aromatic rings. The number of carbonyl (C=O) groups excluding carboxylic acids is 2. The third kappa shape index (κ3) is 3.69. The molecule has 0 atom stereocenters. The van der Waals surface area contributed by atoms with Crippen molar-refractivity contribution in [2.45, 2.75) is 6.92 Å². The molecule has 0 unspecified atom stereocenters. The zero-order valence-corrected chi connectivity index (χ0v) is 14.8. The SMILES string of the molecule is COc1ccccc1C=C1SC(=O)N(CNc2ccccc2C)C1=O. The van der Waals surface area contributed by atoms with Crippen LogP contribution in [0.25, 0.3) is 6.08 Å². The molecule has 1 aliphatic heterocycles. The van der Waals surface area contributed by atoms with Crippen molar-refractivity contribution in [2.75, 3.05) is 19.1 Å². The van der Waals surface area contributed by atoms with Gasteiger partial charge < -0.3 is 10.1 Å². The minimum atomic E-state index is -0.304. The number of methoxy groups -OCH3 is 1. The first-order chi connectivity index (χ1) is 12.1. The Bertz CT molecular complexity index is 848. The molecule has 0 aliphatic carbocycles. The minimum Gasteiger partial charge on any atom is -0.496 e. The lowest BCUT2D eigenvalue weighted by molar-refractivity contribution is -0.122. The van der Waals surface area contributed by atoms with Crippen molar-refractivity contribution < 1.29 is 14.3 Å². The summed E-state index contributed by atoms with van der Waals surface area (Å²) in [5.74, 6) is 0.356. The summed E-state index contributed by atoms with van der Waals surface area (Å²) in [4.78, 5) is 26.4. The summed E-state index contributed by atoms with van der Waals surface area (Å²) in [6, 6.07) is 15.1. The summed E-state index contributed by atoms with van der Waals surface area (Å²) in [6.45, 7) is 2.11. The maximum atomic E-state index is 12.6. The van der Waals surface area contributed by atoms with Gasteiger partial charge in [-0.25, -0.2) is 0 Å². The Hall–Kier alpha value is -2.73. The van der Waals surface area contributed by atoms with E-state index in [-0.39, 0.29) is 17.8 Å². The average Bonchev–Trinajstić information content (AvgIpc) is 2.88. The van der Waals surface area contributed by atoms with Gasteiger partial charge in [0.25, 0.3) is 11.1 Å². The van der Waals surface area contributed by atoms with E-state index in [4.69, 9.17) is 4.74 Å². The summed E-state index contributed by atoms with van der Waals surface area (Å²) in [5, 5.41) is 2.86. The molecule has 0 saturated carbocycles. The van der Waals surface area contributed by atoms with Crippen LogP contribution in [0.5, 0.6) is 5.75 Å². The Balaban J connectivity index is 1.76. The van der Waals surface area contributed by atoms with Crippen molar-refractivity contribution in [3.63, 3.8) is 0 Å². The normalized spacial score (nSPS) is 15.8. The van der Waals surface area contributed by atoms with Gasteiger partial charge in [-0.05, 0) is 42.5 Å². The molecule has 0 spiro atoms. The first-order valence-electron chi connectivity index (χ1n) is 7.78. The standard InChI is InChI=1S/C19H18N2O3S/c1-13-7-3-5-9-15(13)20-12-21-18(22)17(25-19(21)23)11-14-8-4-6-10-16(14)24-2/h3-11,20H,12H2,1-2H3. The smallest absolute Gasteiger partial charge is 0.295 e. The van der Waals surface area contributed by atoms with Crippen LogP contribution in [0.2, 0.25) is 0 Å². The monoisotopic (exact) mass is 354 g/mol. The van der Waals surface area contributed by atoms with Crippen LogP contribution in [0.15, 0.2) is 53.4 Å². The van der Waals surface area contributed by atoms with Gasteiger partial charge in [0.2, 0.25) is 0 Å². The number of thioether (sulfide) groups is 1. The molecule has 1 N–H and O–H groups in total. The fraction of sp³-hybridized carbons (Fsp3) is 0.158. The van der Waals surface area contributed by atoms with Gasteiger partial charge in [-0.2, -0.15) is 0 Å². The van der Waals surface area contributed by atoms with Crippen LogP contribution in [0.3, 0.4) is 0 Å². The molecule has 0 aromatic heterocycles. The maximum absolute atomic E-state index is 12.6. The van der Waals surface area contributed by atoms with Crippen molar-refractivity contribution in [2.24, 2.45) is 0 Å². The molecular weight excluding hydrogens is 336 g/mol. The fourth-order valence-corrected chi connectivity index (χ4v) is 3.33. The van der Waals surface area contributed by atoms with Crippen LogP contribution in [0.4, 0.5) is 10.5 Å². The van der Waals surface area contributed by atoms with Gasteiger partial charge in [0.1, 0.15) is 5.75 Å². The summed E-state index contributed by atoms with van der Waals surface area (Å²) < 4.78 is 5.29. The number of anilines is 1. The van der Waals surface area contributed by atoms with Crippen molar-refractivity contribution in [1.29, 1.82) is 0 Å². The highest BCUT2D eigenvalue weighted by Gasteiger charge is 2.35. The van der Waals surface area contributed by atoms with Crippen molar-refractivity contribution in [1.82, 2.24) is 4.90 Å². The highest BCUT2D eigenvalue weighted by Crippen LogP contribution is 2.33. The van der Waals surface area contributed by atoms with E-state index in [9.17, 15) is 9.59 Å². The number of rotatable bonds is 5. The molecule has 1 saturated heterocycles. The van der Waals surface area contributed by atoms with Crippen molar-refractivity contribution in [3.8, 4) is 5.75 Å². The molecule has 2 amide bonds. The molecule has 6 heteroatoms. The minimum absolute atomic E-state index is 0.138. The first-order valence-corrected chi connectivity index (χ1v) is 8.59. The number of carbonyl (C=O) groups is 2. The van der Waals surface area contributed by atoms with E-state index in [0.717, 1.165) is 28.6 Å². The number of amides is 2. The van der Waals surface area contributed by atoms with Gasteiger partial charge >= 0.3 is 0 Å². The van der Waals surface area contributed by atoms with E-state index in [1.165, 1.54) is 4.90 Å². The van der Waals surface area contributed by atoms with Crippen LogP contribution in [0.1, 0.15) is 11.1 Å². The zero-order valence-electron chi connectivity index (χ0n) is 14.0. The van der Waals surface area contributed by atoms with E-state index < -0.39 is 0 Å². The molecule has 5 nitrogen and oxygen atoms in total. The fourth-order valence-electron chi connectivity index (χ4n) is 2.50. The number of imide groups is 1. The number of para-hydroxylation sites is 2. The van der Waals surface area contributed by atoms with Crippen LogP contribution >= 0.6 is 11.8 Å². The molecule has 0 bridgehead atoms. The van der Waals surface area contributed by atoms with E-state index in [1.54, 1.807) is 13.2 Å². The molecule has 0 radical (unpaired) electrons. The Morgan fingerprint density at radius 1 is 1.12 bits per heavy atom. The highest BCUT2D eigenvalue weighted by atomic mass is 32.2. The average molecular weight is 354 g/mol. The second-order valence-electron chi connectivity index (χ2n) is 5.50. The summed E-state index contributed by atoms with van der Waals surface area (Å²) in [6.07, 6.45) is 1.69. The molecule has 1 heterocycles. The predicted molar refractivity (Wildman–Crippen MR) is 100 cm³/mol. The van der Waals surface area contributed by atoms with Crippen LogP contribution in [-0.4, -0.2) is 29.8 Å². The molecule has 128 valence electrons. The molecule has 2 aromatic carbocycles. The second kappa shape index (κ2) is 7.44. The number of ether oxygens (including phenoxy) is 1. The van der Waals surface area contributed by atoms with Gasteiger partial charge in [-0.3, -0.25) is 14.5 Å². The van der Waals surface area contributed by atoms with Gasteiger partial charge in [-0.1, -0.05) is 36.4 Å². The van der Waals surface area contributed by atoms with Crippen LogP contribution in [-0.2, 0) is 4.79 Å². The number of nitrogens with zero attached hydrogens (tertiary/aromatic N) is 1. The van der Waals surface area contributed by atoms with Crippen LogP contribution < -0.4 is 10.1 Å². The van der Waals surface area contributed by atoms with Crippen molar-refractivity contribution >= 4 is 34.7 Å². The zero-order chi connectivity index (χ0) is 17.8. The third-order valence-corrected chi connectivity index (χ3v) is 4.78. The number of hydrogen-bond donors (Lipinski definition) is 1. The predicted octanol–water partition coefficient (Wildman–Crippen LogP) is 4.11. The second-order valence-corrected chi connectivity index (χ2v) is 6.49. The Morgan fingerprint density at radius 2 is 1.84 bits per heavy atom. The topological polar surface area (TPSA) is 58.6 Å². The number of hydrogen-bond acceptors (Lipinski definition) is 5. The number of nitrogens with one attached hydrogen (secondary N) is 1. The quantitative estimate of drug-likeness (QED) is 0.819. The largest absolute Gasteiger partial charge is 0.496 e. The Morgan fingerprint density at radius 3 is 2.60 bits per heavy atom. The van der Waals surface area contributed by atoms with E-state index in [2.05, 4.69) is 5.32 Å². The van der Waals surface area contributed by atoms with Crippen LogP contribution in [0, 0.1) is 6.92 Å². The highest BCUT2D eigenvalue weighted by molar-refractivity contribution is 8.18. The lowest BCUT2D eigenvalue weighted by Gasteiger charge is -2.15. The Labute approximate surface area is 150 Å². The van der Waals surface area contributed by atoms with Gasteiger partial charge in [-0.15, -0.1) is 0 Å². The van der Waals surface area contributed by atoms with Crippen molar-refractivity contribution in [3.05, 3.63) is 64.6 Å². The van der Waals surface area contributed by atoms with Gasteiger partial charge in [0.05, 0.1) is 18.7 Å². The molecule has 1 fully saturated rings. The van der Waals surface area contributed by atoms with Gasteiger partial charge in [0, 0.05) is 11.3 Å². The lowest BCUT2D eigenvalue weighted by Crippen LogP contribution is -2.33. The summed E-state index contributed by atoms with van der Waals surface area (Å²) >= 11 is 0.938. The summed E-state index contributed by atoms with van der Waals surface area (Å²) in [7, 11) is 1.57.